The highest BCUT2D eigenvalue weighted by atomic mass is 19.2. The van der Waals surface area contributed by atoms with E-state index in [1.54, 1.807) is 6.07 Å². The van der Waals surface area contributed by atoms with Gasteiger partial charge in [-0.1, -0.05) is 23.4 Å². The number of fused-ring (bicyclic) bond motifs is 1. The van der Waals surface area contributed by atoms with E-state index in [2.05, 4.69) is 10.3 Å². The molecular weight excluding hydrogens is 349 g/mol. The van der Waals surface area contributed by atoms with Gasteiger partial charge in [-0.3, -0.25) is 14.6 Å². The van der Waals surface area contributed by atoms with Crippen molar-refractivity contribution >= 4 is 17.5 Å². The van der Waals surface area contributed by atoms with Gasteiger partial charge in [-0.05, 0) is 18.2 Å². The Kier molecular flexibility index (Phi) is 3.71. The van der Waals surface area contributed by atoms with E-state index in [1.807, 2.05) is 0 Å². The van der Waals surface area contributed by atoms with E-state index >= 15 is 0 Å². The Morgan fingerprint density at radius 3 is 2.42 bits per heavy atom. The number of carbonyl (C=O) groups excluding carboxylic acids is 2. The number of halogens is 3. The number of rotatable bonds is 3. The third-order valence-electron chi connectivity index (χ3n) is 4.31. The van der Waals surface area contributed by atoms with Crippen molar-refractivity contribution in [1.29, 1.82) is 0 Å². The molecular formula is C17H11F3N4O2. The van der Waals surface area contributed by atoms with Gasteiger partial charge in [0, 0.05) is 11.6 Å². The molecule has 2 aliphatic rings. The van der Waals surface area contributed by atoms with Gasteiger partial charge in [0.15, 0.2) is 23.7 Å². The van der Waals surface area contributed by atoms with Crippen LogP contribution in [0.3, 0.4) is 0 Å². The van der Waals surface area contributed by atoms with Crippen molar-refractivity contribution in [2.24, 2.45) is 10.3 Å². The summed E-state index contributed by atoms with van der Waals surface area (Å²) in [7, 11) is 0. The molecule has 2 heterocycles. The highest BCUT2D eigenvalue weighted by Crippen LogP contribution is 2.33. The molecule has 0 aromatic heterocycles. The molecule has 2 amide bonds. The van der Waals surface area contributed by atoms with Crippen LogP contribution in [-0.4, -0.2) is 28.9 Å². The molecule has 1 fully saturated rings. The fourth-order valence-electron chi connectivity index (χ4n) is 3.03. The first-order chi connectivity index (χ1) is 12.5. The summed E-state index contributed by atoms with van der Waals surface area (Å²) in [4.78, 5) is 26.0. The number of hydrogen-bond donors (Lipinski definition) is 0. The van der Waals surface area contributed by atoms with Crippen LogP contribution >= 0.6 is 0 Å². The summed E-state index contributed by atoms with van der Waals surface area (Å²) in [6, 6.07) is 6.57. The summed E-state index contributed by atoms with van der Waals surface area (Å²) >= 11 is 0. The van der Waals surface area contributed by atoms with Crippen LogP contribution in [0.2, 0.25) is 0 Å². The molecule has 0 N–H and O–H groups in total. The minimum atomic E-state index is -1.18. The lowest BCUT2D eigenvalue weighted by atomic mass is 10.1. The average Bonchev–Trinajstić information content (AvgIpc) is 3.13. The number of benzene rings is 2. The minimum absolute atomic E-state index is 0.0536. The fraction of sp³-hybridized carbons (Fsp3) is 0.176. The van der Waals surface area contributed by atoms with Gasteiger partial charge in [0.05, 0.1) is 12.2 Å². The largest absolute Gasteiger partial charge is 0.271 e. The van der Waals surface area contributed by atoms with Crippen molar-refractivity contribution in [3.8, 4) is 0 Å². The fourth-order valence-corrected chi connectivity index (χ4v) is 3.03. The first-order valence-electron chi connectivity index (χ1n) is 7.71. The first-order valence-corrected chi connectivity index (χ1v) is 7.71. The Hall–Kier alpha value is -3.23. The van der Waals surface area contributed by atoms with Crippen LogP contribution in [0.25, 0.3) is 0 Å². The molecule has 2 aliphatic heterocycles. The smallest absolute Gasteiger partial charge is 0.263 e. The molecule has 2 aromatic carbocycles. The molecule has 0 saturated carbocycles. The normalized spacial score (nSPS) is 21.7. The number of amides is 2. The summed E-state index contributed by atoms with van der Waals surface area (Å²) in [5.74, 6) is -4.10. The maximum Gasteiger partial charge on any atom is 0.263 e. The van der Waals surface area contributed by atoms with Crippen LogP contribution in [0, 0.1) is 17.5 Å². The molecule has 0 bridgehead atoms. The van der Waals surface area contributed by atoms with E-state index in [4.69, 9.17) is 0 Å². The third kappa shape index (κ3) is 2.43. The predicted octanol–water partition coefficient (Wildman–Crippen LogP) is 2.60. The molecule has 2 aromatic rings. The van der Waals surface area contributed by atoms with E-state index in [1.165, 1.54) is 23.2 Å². The van der Waals surface area contributed by atoms with Crippen LogP contribution in [0.5, 0.6) is 0 Å². The van der Waals surface area contributed by atoms with E-state index in [0.717, 1.165) is 23.1 Å². The van der Waals surface area contributed by atoms with Gasteiger partial charge in [-0.2, -0.15) is 5.11 Å². The molecule has 6 nitrogen and oxygen atoms in total. The van der Waals surface area contributed by atoms with Crippen LogP contribution < -0.4 is 4.90 Å². The minimum Gasteiger partial charge on any atom is -0.271 e. The summed E-state index contributed by atoms with van der Waals surface area (Å²) in [5.41, 5.74) is 0.202. The topological polar surface area (TPSA) is 65.3 Å². The second kappa shape index (κ2) is 5.94. The molecule has 9 heteroatoms. The van der Waals surface area contributed by atoms with Crippen molar-refractivity contribution in [2.75, 3.05) is 4.90 Å². The van der Waals surface area contributed by atoms with Gasteiger partial charge in [0.1, 0.15) is 5.82 Å². The van der Waals surface area contributed by atoms with E-state index in [9.17, 15) is 22.8 Å². The zero-order valence-electron chi connectivity index (χ0n) is 13.1. The van der Waals surface area contributed by atoms with Crippen LogP contribution in [0.1, 0.15) is 5.56 Å². The average molecular weight is 360 g/mol. The molecule has 1 saturated heterocycles. The van der Waals surface area contributed by atoms with Crippen molar-refractivity contribution in [1.82, 2.24) is 5.01 Å². The highest BCUT2D eigenvalue weighted by molar-refractivity contribution is 6.25. The van der Waals surface area contributed by atoms with Gasteiger partial charge in [-0.15, -0.1) is 0 Å². The lowest BCUT2D eigenvalue weighted by molar-refractivity contribution is -0.123. The van der Waals surface area contributed by atoms with Gasteiger partial charge >= 0.3 is 0 Å². The number of carbonyl (C=O) groups is 2. The Balaban J connectivity index is 1.63. The monoisotopic (exact) mass is 360 g/mol. The van der Waals surface area contributed by atoms with Gasteiger partial charge in [0.25, 0.3) is 11.8 Å². The van der Waals surface area contributed by atoms with Gasteiger partial charge < -0.3 is 0 Å². The Bertz CT molecular complexity index is 949. The van der Waals surface area contributed by atoms with E-state index in [0.29, 0.717) is 5.56 Å². The maximum absolute atomic E-state index is 13.8. The molecule has 26 heavy (non-hydrogen) atoms. The summed E-state index contributed by atoms with van der Waals surface area (Å²) in [6.45, 7) is -0.0536. The summed E-state index contributed by atoms with van der Waals surface area (Å²) in [5, 5.41) is 8.83. The van der Waals surface area contributed by atoms with Crippen molar-refractivity contribution in [3.05, 3.63) is 65.5 Å². The number of hydrogen-bond acceptors (Lipinski definition) is 5. The SMILES string of the molecule is O=C1[C@@H]2N=NN(Cc3ccccc3F)[C@H]2C(=O)N1c1ccc(F)c(F)c1. The first kappa shape index (κ1) is 16.2. The van der Waals surface area contributed by atoms with Crippen LogP contribution in [-0.2, 0) is 16.1 Å². The quantitative estimate of drug-likeness (QED) is 0.791. The lowest BCUT2D eigenvalue weighted by Gasteiger charge is -2.20. The van der Waals surface area contributed by atoms with Crippen LogP contribution in [0.15, 0.2) is 52.8 Å². The number of nitrogens with zero attached hydrogens (tertiary/aromatic N) is 4. The second-order valence-corrected chi connectivity index (χ2v) is 5.89. The van der Waals surface area contributed by atoms with Crippen LogP contribution in [0.4, 0.5) is 18.9 Å². The Labute approximate surface area is 145 Å². The number of imide groups is 1. The van der Waals surface area contributed by atoms with Gasteiger partial charge in [0.2, 0.25) is 0 Å². The predicted molar refractivity (Wildman–Crippen MR) is 83.2 cm³/mol. The Morgan fingerprint density at radius 2 is 1.69 bits per heavy atom. The third-order valence-corrected chi connectivity index (χ3v) is 4.31. The standard InChI is InChI=1S/C17H11F3N4O2/c18-11-4-2-1-3-9(11)8-23-15-14(21-22-23)16(25)24(17(15)26)10-5-6-12(19)13(20)7-10/h1-7,14-15H,8H2/t14-,15-/m1/s1. The maximum atomic E-state index is 13.8. The zero-order valence-corrected chi connectivity index (χ0v) is 13.1. The molecule has 132 valence electrons. The zero-order chi connectivity index (χ0) is 18.4. The lowest BCUT2D eigenvalue weighted by Crippen LogP contribution is -2.39. The van der Waals surface area contributed by atoms with E-state index in [-0.39, 0.29) is 12.2 Å². The molecule has 2 atom stereocenters. The summed E-state index contributed by atoms with van der Waals surface area (Å²) in [6.07, 6.45) is 0. The molecule has 0 unspecified atom stereocenters. The summed E-state index contributed by atoms with van der Waals surface area (Å²) < 4.78 is 40.4. The van der Waals surface area contributed by atoms with Crippen molar-refractivity contribution < 1.29 is 22.8 Å². The van der Waals surface area contributed by atoms with Gasteiger partial charge in [-0.25, -0.2) is 18.1 Å². The highest BCUT2D eigenvalue weighted by Gasteiger charge is 2.54. The number of anilines is 1. The molecule has 0 spiro atoms. The second-order valence-electron chi connectivity index (χ2n) is 5.89. The van der Waals surface area contributed by atoms with Crippen molar-refractivity contribution in [2.45, 2.75) is 18.6 Å². The Morgan fingerprint density at radius 1 is 0.923 bits per heavy atom. The molecule has 4 rings (SSSR count). The molecule has 0 radical (unpaired) electrons. The van der Waals surface area contributed by atoms with Crippen molar-refractivity contribution in [3.63, 3.8) is 0 Å². The molecule has 0 aliphatic carbocycles. The van der Waals surface area contributed by atoms with E-state index < -0.39 is 41.3 Å².